The SMILES string of the molecule is COCCNS(=O)(=O)c1cccc(C(=O)NCC2CNCC2O)c1.Cl. The zero-order chi connectivity index (χ0) is 17.6. The summed E-state index contributed by atoms with van der Waals surface area (Å²) in [5.41, 5.74) is 0.255. The predicted octanol–water partition coefficient (Wildman–Crippen LogP) is -0.657. The van der Waals surface area contributed by atoms with Gasteiger partial charge in [-0.2, -0.15) is 0 Å². The van der Waals surface area contributed by atoms with Gasteiger partial charge in [0.25, 0.3) is 5.91 Å². The van der Waals surface area contributed by atoms with Crippen molar-refractivity contribution in [3.63, 3.8) is 0 Å². The van der Waals surface area contributed by atoms with Gasteiger partial charge in [-0.1, -0.05) is 6.07 Å². The van der Waals surface area contributed by atoms with Gasteiger partial charge in [0.1, 0.15) is 0 Å². The topological polar surface area (TPSA) is 117 Å². The first-order valence-electron chi connectivity index (χ1n) is 7.69. The maximum absolute atomic E-state index is 12.2. The standard InChI is InChI=1S/C15H23N3O5S.ClH/c1-23-6-5-18-24(21,22)13-4-2-3-11(7-13)15(20)17-9-12-8-16-10-14(12)19;/h2-4,7,12,14,16,18-19H,5-6,8-10H2,1H3,(H,17,20);1H. The van der Waals surface area contributed by atoms with E-state index >= 15 is 0 Å². The number of aliphatic hydroxyl groups excluding tert-OH is 1. The summed E-state index contributed by atoms with van der Waals surface area (Å²) >= 11 is 0. The van der Waals surface area contributed by atoms with E-state index in [1.807, 2.05) is 0 Å². The number of aliphatic hydroxyl groups is 1. The maximum Gasteiger partial charge on any atom is 0.251 e. The molecule has 2 unspecified atom stereocenters. The minimum absolute atomic E-state index is 0. The summed E-state index contributed by atoms with van der Waals surface area (Å²) in [6.07, 6.45) is -0.484. The van der Waals surface area contributed by atoms with E-state index in [4.69, 9.17) is 4.74 Å². The second-order valence-corrected chi connectivity index (χ2v) is 7.38. The molecular weight excluding hydrogens is 370 g/mol. The molecule has 1 aromatic rings. The number of hydrogen-bond donors (Lipinski definition) is 4. The van der Waals surface area contributed by atoms with E-state index in [1.54, 1.807) is 6.07 Å². The Hall–Kier alpha value is -1.23. The van der Waals surface area contributed by atoms with Crippen molar-refractivity contribution < 1.29 is 23.1 Å². The summed E-state index contributed by atoms with van der Waals surface area (Å²) in [7, 11) is -2.21. The van der Waals surface area contributed by atoms with Crippen molar-refractivity contribution >= 4 is 28.3 Å². The van der Waals surface area contributed by atoms with E-state index in [1.165, 1.54) is 25.3 Å². The van der Waals surface area contributed by atoms with E-state index in [0.717, 1.165) is 0 Å². The minimum Gasteiger partial charge on any atom is -0.391 e. The molecule has 2 rings (SSSR count). The van der Waals surface area contributed by atoms with Gasteiger partial charge in [-0.05, 0) is 18.2 Å². The molecule has 25 heavy (non-hydrogen) atoms. The van der Waals surface area contributed by atoms with Gasteiger partial charge in [0.05, 0.1) is 17.6 Å². The van der Waals surface area contributed by atoms with Crippen LogP contribution in [-0.4, -0.2) is 65.4 Å². The van der Waals surface area contributed by atoms with Crippen LogP contribution in [0.25, 0.3) is 0 Å². The number of carbonyl (C=O) groups is 1. The van der Waals surface area contributed by atoms with Crippen molar-refractivity contribution in [3.8, 4) is 0 Å². The Morgan fingerprint density at radius 2 is 2.16 bits per heavy atom. The maximum atomic E-state index is 12.2. The third-order valence-electron chi connectivity index (χ3n) is 3.83. The molecule has 1 fully saturated rings. The molecule has 1 heterocycles. The minimum atomic E-state index is -3.69. The lowest BCUT2D eigenvalue weighted by atomic mass is 10.1. The van der Waals surface area contributed by atoms with Crippen LogP contribution in [0.2, 0.25) is 0 Å². The molecule has 0 saturated carbocycles. The third kappa shape index (κ3) is 6.21. The Labute approximate surface area is 153 Å². The van der Waals surface area contributed by atoms with E-state index < -0.39 is 16.1 Å². The smallest absolute Gasteiger partial charge is 0.251 e. The number of rotatable bonds is 8. The van der Waals surface area contributed by atoms with Gasteiger partial charge < -0.3 is 20.5 Å². The van der Waals surface area contributed by atoms with Crippen molar-refractivity contribution in [1.82, 2.24) is 15.4 Å². The molecule has 1 aliphatic heterocycles. The fourth-order valence-electron chi connectivity index (χ4n) is 2.42. The van der Waals surface area contributed by atoms with Crippen LogP contribution in [0.3, 0.4) is 0 Å². The lowest BCUT2D eigenvalue weighted by Crippen LogP contribution is -2.34. The molecule has 1 aromatic carbocycles. The Balaban J connectivity index is 0.00000312. The van der Waals surface area contributed by atoms with Crippen LogP contribution in [0.15, 0.2) is 29.2 Å². The summed E-state index contributed by atoms with van der Waals surface area (Å²) in [6, 6.07) is 5.82. The van der Waals surface area contributed by atoms with E-state index in [0.29, 0.717) is 19.6 Å². The molecule has 0 aromatic heterocycles. The molecule has 1 aliphatic rings. The van der Waals surface area contributed by atoms with Gasteiger partial charge in [0.15, 0.2) is 0 Å². The van der Waals surface area contributed by atoms with Crippen molar-refractivity contribution in [3.05, 3.63) is 29.8 Å². The molecule has 4 N–H and O–H groups in total. The summed E-state index contributed by atoms with van der Waals surface area (Å²) < 4.78 is 31.5. The number of amides is 1. The fourth-order valence-corrected chi connectivity index (χ4v) is 3.48. The van der Waals surface area contributed by atoms with E-state index in [-0.39, 0.29) is 47.8 Å². The predicted molar refractivity (Wildman–Crippen MR) is 95.5 cm³/mol. The molecular formula is C15H24ClN3O5S. The number of halogens is 1. The second kappa shape index (κ2) is 10.0. The summed E-state index contributed by atoms with van der Waals surface area (Å²) in [5.74, 6) is -0.417. The van der Waals surface area contributed by atoms with Crippen molar-refractivity contribution in [2.75, 3.05) is 39.9 Å². The number of methoxy groups -OCH3 is 1. The lowest BCUT2D eigenvalue weighted by molar-refractivity contribution is 0.0927. The van der Waals surface area contributed by atoms with Crippen LogP contribution in [0.5, 0.6) is 0 Å². The highest BCUT2D eigenvalue weighted by molar-refractivity contribution is 7.89. The van der Waals surface area contributed by atoms with Gasteiger partial charge >= 0.3 is 0 Å². The average Bonchev–Trinajstić information content (AvgIpc) is 2.98. The Morgan fingerprint density at radius 3 is 2.80 bits per heavy atom. The van der Waals surface area contributed by atoms with Crippen LogP contribution in [0.4, 0.5) is 0 Å². The molecule has 1 saturated heterocycles. The highest BCUT2D eigenvalue weighted by atomic mass is 35.5. The van der Waals surface area contributed by atoms with Gasteiger partial charge in [-0.25, -0.2) is 13.1 Å². The molecule has 1 amide bonds. The highest BCUT2D eigenvalue weighted by Crippen LogP contribution is 2.12. The van der Waals surface area contributed by atoms with Crippen LogP contribution in [0, 0.1) is 5.92 Å². The third-order valence-corrected chi connectivity index (χ3v) is 5.29. The monoisotopic (exact) mass is 393 g/mol. The Morgan fingerprint density at radius 1 is 1.40 bits per heavy atom. The molecule has 0 aliphatic carbocycles. The number of hydrogen-bond acceptors (Lipinski definition) is 6. The first-order valence-corrected chi connectivity index (χ1v) is 9.18. The Kier molecular flexibility index (Phi) is 8.77. The summed E-state index contributed by atoms with van der Waals surface area (Å²) in [6.45, 7) is 1.90. The van der Waals surface area contributed by atoms with Crippen molar-refractivity contribution in [2.24, 2.45) is 5.92 Å². The first-order chi connectivity index (χ1) is 11.4. The quantitative estimate of drug-likeness (QED) is 0.436. The van der Waals surface area contributed by atoms with Gasteiger partial charge in [0.2, 0.25) is 10.0 Å². The number of nitrogens with one attached hydrogen (secondary N) is 3. The highest BCUT2D eigenvalue weighted by Gasteiger charge is 2.25. The average molecular weight is 394 g/mol. The molecule has 8 nitrogen and oxygen atoms in total. The Bertz CT molecular complexity index is 671. The van der Waals surface area contributed by atoms with Gasteiger partial charge in [0, 0.05) is 44.8 Å². The molecule has 0 spiro atoms. The van der Waals surface area contributed by atoms with Crippen molar-refractivity contribution in [1.29, 1.82) is 0 Å². The first kappa shape index (κ1) is 21.8. The molecule has 0 radical (unpaired) electrons. The fraction of sp³-hybridized carbons (Fsp3) is 0.533. The zero-order valence-corrected chi connectivity index (χ0v) is 15.5. The molecule has 142 valence electrons. The molecule has 2 atom stereocenters. The second-order valence-electron chi connectivity index (χ2n) is 5.61. The molecule has 10 heteroatoms. The number of β-amino-alcohol motifs (C(OH)–C–C–N with tert-alkyl or cyclic N) is 1. The van der Waals surface area contributed by atoms with Crippen molar-refractivity contribution in [2.45, 2.75) is 11.0 Å². The van der Waals surface area contributed by atoms with E-state index in [2.05, 4.69) is 15.4 Å². The number of carbonyl (C=O) groups excluding carboxylic acids is 1. The zero-order valence-electron chi connectivity index (χ0n) is 13.9. The van der Waals surface area contributed by atoms with Gasteiger partial charge in [-0.3, -0.25) is 4.79 Å². The number of ether oxygens (including phenoxy) is 1. The largest absolute Gasteiger partial charge is 0.391 e. The normalized spacial score (nSPS) is 20.1. The van der Waals surface area contributed by atoms with E-state index in [9.17, 15) is 18.3 Å². The van der Waals surface area contributed by atoms with Crippen LogP contribution in [-0.2, 0) is 14.8 Å². The van der Waals surface area contributed by atoms with Gasteiger partial charge in [-0.15, -0.1) is 12.4 Å². The lowest BCUT2D eigenvalue weighted by Gasteiger charge is -2.14. The van der Waals surface area contributed by atoms with Crippen LogP contribution in [0.1, 0.15) is 10.4 Å². The number of sulfonamides is 1. The van der Waals surface area contributed by atoms with Crippen LogP contribution >= 0.6 is 12.4 Å². The molecule has 0 bridgehead atoms. The summed E-state index contributed by atoms with van der Waals surface area (Å²) in [5, 5.41) is 15.5. The van der Waals surface area contributed by atoms with Crippen LogP contribution < -0.4 is 15.4 Å². The number of benzene rings is 1. The summed E-state index contributed by atoms with van der Waals surface area (Å²) in [4.78, 5) is 12.2.